The second-order valence-corrected chi connectivity index (χ2v) is 6.61. The van der Waals surface area contributed by atoms with Crippen molar-refractivity contribution in [3.8, 4) is 11.5 Å². The third-order valence-electron chi connectivity index (χ3n) is 4.42. The standard InChI is InChI=1S/C22H20FN3O5/c1-3-10-31-16-6-4-14(5-7-16)22(27)18-8-9-24-21(25-18)12-15-11-19(26(28)29)17(23)13-20(15)30-2/h4-9,11,13H,3,10,12H2,1-2H3. The zero-order valence-electron chi connectivity index (χ0n) is 17.0. The fourth-order valence-electron chi connectivity index (χ4n) is 2.91. The topological polar surface area (TPSA) is 104 Å². The fraction of sp³-hybridized carbons (Fsp3) is 0.227. The zero-order chi connectivity index (χ0) is 22.4. The smallest absolute Gasteiger partial charge is 0.305 e. The molecule has 1 aromatic heterocycles. The summed E-state index contributed by atoms with van der Waals surface area (Å²) in [4.78, 5) is 31.4. The van der Waals surface area contributed by atoms with Gasteiger partial charge < -0.3 is 9.47 Å². The average Bonchev–Trinajstić information content (AvgIpc) is 2.78. The van der Waals surface area contributed by atoms with E-state index in [9.17, 15) is 19.3 Å². The van der Waals surface area contributed by atoms with E-state index in [0.29, 0.717) is 23.5 Å². The SMILES string of the molecule is CCCOc1ccc(C(=O)c2ccnc(Cc3cc([N+](=O)[O-])c(F)cc3OC)n2)cc1. The number of nitro groups is 1. The van der Waals surface area contributed by atoms with Crippen LogP contribution in [0, 0.1) is 15.9 Å². The summed E-state index contributed by atoms with van der Waals surface area (Å²) in [6.45, 7) is 2.60. The molecule has 8 nitrogen and oxygen atoms in total. The minimum atomic E-state index is -0.998. The number of nitrogens with zero attached hydrogens (tertiary/aromatic N) is 3. The van der Waals surface area contributed by atoms with Crippen LogP contribution in [0.3, 0.4) is 0 Å². The predicted molar refractivity (Wildman–Crippen MR) is 110 cm³/mol. The van der Waals surface area contributed by atoms with Gasteiger partial charge in [0.15, 0.2) is 0 Å². The maximum atomic E-state index is 13.9. The molecule has 0 saturated heterocycles. The van der Waals surface area contributed by atoms with Crippen LogP contribution in [0.5, 0.6) is 11.5 Å². The van der Waals surface area contributed by atoms with Crippen molar-refractivity contribution in [3.05, 3.63) is 87.2 Å². The molecule has 0 bridgehead atoms. The Hall–Kier alpha value is -3.88. The molecule has 160 valence electrons. The van der Waals surface area contributed by atoms with Crippen molar-refractivity contribution < 1.29 is 23.6 Å². The number of hydrogen-bond donors (Lipinski definition) is 0. The van der Waals surface area contributed by atoms with Crippen molar-refractivity contribution in [3.63, 3.8) is 0 Å². The number of rotatable bonds is 9. The van der Waals surface area contributed by atoms with Gasteiger partial charge in [-0.05, 0) is 36.8 Å². The van der Waals surface area contributed by atoms with Gasteiger partial charge in [-0.1, -0.05) is 6.92 Å². The Bertz CT molecular complexity index is 1100. The van der Waals surface area contributed by atoms with Crippen LogP contribution in [-0.2, 0) is 6.42 Å². The molecule has 0 radical (unpaired) electrons. The highest BCUT2D eigenvalue weighted by Crippen LogP contribution is 2.29. The van der Waals surface area contributed by atoms with Crippen LogP contribution in [0.2, 0.25) is 0 Å². The minimum Gasteiger partial charge on any atom is -0.496 e. The van der Waals surface area contributed by atoms with E-state index in [0.717, 1.165) is 18.6 Å². The number of benzene rings is 2. The van der Waals surface area contributed by atoms with E-state index in [1.54, 1.807) is 24.3 Å². The Kier molecular flexibility index (Phi) is 6.86. The largest absolute Gasteiger partial charge is 0.496 e. The monoisotopic (exact) mass is 425 g/mol. The quantitative estimate of drug-likeness (QED) is 0.288. The molecule has 0 aliphatic heterocycles. The summed E-state index contributed by atoms with van der Waals surface area (Å²) in [5.41, 5.74) is 0.261. The van der Waals surface area contributed by atoms with Crippen molar-refractivity contribution in [1.82, 2.24) is 9.97 Å². The zero-order valence-corrected chi connectivity index (χ0v) is 17.0. The summed E-state index contributed by atoms with van der Waals surface area (Å²) < 4.78 is 24.5. The number of aromatic nitrogens is 2. The maximum Gasteiger partial charge on any atom is 0.305 e. The fourth-order valence-corrected chi connectivity index (χ4v) is 2.91. The van der Waals surface area contributed by atoms with Crippen LogP contribution in [0.1, 0.15) is 40.8 Å². The third-order valence-corrected chi connectivity index (χ3v) is 4.42. The van der Waals surface area contributed by atoms with Gasteiger partial charge >= 0.3 is 5.69 Å². The van der Waals surface area contributed by atoms with E-state index < -0.39 is 16.4 Å². The number of carbonyl (C=O) groups is 1. The Morgan fingerprint density at radius 2 is 1.94 bits per heavy atom. The van der Waals surface area contributed by atoms with E-state index in [2.05, 4.69) is 9.97 Å². The molecule has 0 aliphatic carbocycles. The first-order valence-corrected chi connectivity index (χ1v) is 9.53. The van der Waals surface area contributed by atoms with E-state index in [-0.39, 0.29) is 29.5 Å². The summed E-state index contributed by atoms with van der Waals surface area (Å²) in [5, 5.41) is 11.0. The second kappa shape index (κ2) is 9.75. The molecule has 0 unspecified atom stereocenters. The van der Waals surface area contributed by atoms with E-state index >= 15 is 0 Å². The highest BCUT2D eigenvalue weighted by atomic mass is 19.1. The first kappa shape index (κ1) is 21.8. The summed E-state index contributed by atoms with van der Waals surface area (Å²) >= 11 is 0. The number of halogens is 1. The number of nitro benzene ring substituents is 1. The molecule has 0 fully saturated rings. The molecule has 0 N–H and O–H groups in total. The van der Waals surface area contributed by atoms with Crippen molar-refractivity contribution in [2.45, 2.75) is 19.8 Å². The molecule has 0 aliphatic rings. The van der Waals surface area contributed by atoms with Gasteiger partial charge in [0.1, 0.15) is 23.0 Å². The normalized spacial score (nSPS) is 10.5. The summed E-state index contributed by atoms with van der Waals surface area (Å²) in [5.74, 6) is -0.254. The van der Waals surface area contributed by atoms with Crippen LogP contribution in [0.4, 0.5) is 10.1 Å². The average molecular weight is 425 g/mol. The highest BCUT2D eigenvalue weighted by Gasteiger charge is 2.20. The first-order valence-electron chi connectivity index (χ1n) is 9.53. The van der Waals surface area contributed by atoms with E-state index in [1.165, 1.54) is 19.4 Å². The Morgan fingerprint density at radius 1 is 1.19 bits per heavy atom. The summed E-state index contributed by atoms with van der Waals surface area (Å²) in [6.07, 6.45) is 2.33. The molecule has 0 atom stereocenters. The lowest BCUT2D eigenvalue weighted by Crippen LogP contribution is -2.08. The van der Waals surface area contributed by atoms with Crippen molar-refractivity contribution in [2.24, 2.45) is 0 Å². The number of hydrogen-bond acceptors (Lipinski definition) is 7. The summed E-state index contributed by atoms with van der Waals surface area (Å²) in [6, 6.07) is 10.3. The Morgan fingerprint density at radius 3 is 2.58 bits per heavy atom. The lowest BCUT2D eigenvalue weighted by molar-refractivity contribution is -0.387. The van der Waals surface area contributed by atoms with E-state index in [1.807, 2.05) is 6.92 Å². The lowest BCUT2D eigenvalue weighted by atomic mass is 10.1. The molecule has 2 aromatic carbocycles. The highest BCUT2D eigenvalue weighted by molar-refractivity contribution is 6.07. The van der Waals surface area contributed by atoms with E-state index in [4.69, 9.17) is 9.47 Å². The van der Waals surface area contributed by atoms with Crippen LogP contribution >= 0.6 is 0 Å². The van der Waals surface area contributed by atoms with Gasteiger partial charge in [-0.15, -0.1) is 0 Å². The number of ketones is 1. The van der Waals surface area contributed by atoms with Gasteiger partial charge in [0.2, 0.25) is 11.6 Å². The van der Waals surface area contributed by atoms with Crippen LogP contribution in [-0.4, -0.2) is 34.4 Å². The second-order valence-electron chi connectivity index (χ2n) is 6.61. The maximum absolute atomic E-state index is 13.9. The number of ether oxygens (including phenoxy) is 2. The molecule has 3 rings (SSSR count). The van der Waals surface area contributed by atoms with Gasteiger partial charge in [-0.3, -0.25) is 14.9 Å². The lowest BCUT2D eigenvalue weighted by Gasteiger charge is -2.09. The Labute approximate surface area is 177 Å². The van der Waals surface area contributed by atoms with Gasteiger partial charge in [0, 0.05) is 35.9 Å². The molecule has 0 amide bonds. The summed E-state index contributed by atoms with van der Waals surface area (Å²) in [7, 11) is 1.33. The van der Waals surface area contributed by atoms with Gasteiger partial charge in [-0.25, -0.2) is 9.97 Å². The van der Waals surface area contributed by atoms with Gasteiger partial charge in [0.25, 0.3) is 0 Å². The van der Waals surface area contributed by atoms with Crippen molar-refractivity contribution >= 4 is 11.5 Å². The molecule has 31 heavy (non-hydrogen) atoms. The predicted octanol–water partition coefficient (Wildman–Crippen LogP) is 4.14. The molecule has 1 heterocycles. The molecule has 9 heteroatoms. The minimum absolute atomic E-state index is 0.0230. The number of carbonyl (C=O) groups excluding carboxylic acids is 1. The molecule has 0 saturated carbocycles. The molecule has 0 spiro atoms. The van der Waals surface area contributed by atoms with Crippen molar-refractivity contribution in [1.29, 1.82) is 0 Å². The van der Waals surface area contributed by atoms with Gasteiger partial charge in [0.05, 0.1) is 18.6 Å². The molecular formula is C22H20FN3O5. The molecule has 3 aromatic rings. The molecular weight excluding hydrogens is 405 g/mol. The van der Waals surface area contributed by atoms with Gasteiger partial charge in [-0.2, -0.15) is 4.39 Å². The van der Waals surface area contributed by atoms with Crippen LogP contribution in [0.15, 0.2) is 48.7 Å². The van der Waals surface area contributed by atoms with Crippen molar-refractivity contribution in [2.75, 3.05) is 13.7 Å². The van der Waals surface area contributed by atoms with Crippen LogP contribution < -0.4 is 9.47 Å². The number of methoxy groups -OCH3 is 1. The Balaban J connectivity index is 1.84. The third kappa shape index (κ3) is 5.19. The first-order chi connectivity index (χ1) is 14.9. The van der Waals surface area contributed by atoms with Crippen LogP contribution in [0.25, 0.3) is 0 Å².